The molecule has 0 heterocycles. The predicted molar refractivity (Wildman–Crippen MR) is 144 cm³/mol. The molecule has 15 nitrogen and oxygen atoms in total. The standard InChI is InChI=1S/C22H42N8O7S/c1-38-12-9-15(20(35)30-16(21(36)37)5-2-3-10-23)29-19(34)14(6-4-11-27-22(25)26)28-18(33)13(24)7-8-17(31)32/h13-16H,2-12,23-24H2,1H3,(H,28,33)(H,29,34)(H,30,35)(H,31,32)(H,36,37)(H4,25,26,27). The summed E-state index contributed by atoms with van der Waals surface area (Å²) >= 11 is 1.43. The summed E-state index contributed by atoms with van der Waals surface area (Å²) in [6, 6.07) is -4.51. The van der Waals surface area contributed by atoms with Gasteiger partial charge in [0.05, 0.1) is 6.04 Å². The van der Waals surface area contributed by atoms with Crippen LogP contribution < -0.4 is 38.9 Å². The summed E-state index contributed by atoms with van der Waals surface area (Å²) in [4.78, 5) is 64.8. The summed E-state index contributed by atoms with van der Waals surface area (Å²) in [6.45, 7) is 0.565. The van der Waals surface area contributed by atoms with Gasteiger partial charge in [0.25, 0.3) is 0 Å². The van der Waals surface area contributed by atoms with Gasteiger partial charge in [-0.1, -0.05) is 0 Å². The summed E-state index contributed by atoms with van der Waals surface area (Å²) in [7, 11) is 0. The van der Waals surface area contributed by atoms with Crippen molar-refractivity contribution in [2.75, 3.05) is 25.1 Å². The van der Waals surface area contributed by atoms with Crippen LogP contribution in [-0.2, 0) is 24.0 Å². The third-order valence-electron chi connectivity index (χ3n) is 5.39. The van der Waals surface area contributed by atoms with E-state index in [4.69, 9.17) is 28.0 Å². The highest BCUT2D eigenvalue weighted by atomic mass is 32.2. The van der Waals surface area contributed by atoms with Crippen LogP contribution in [0.3, 0.4) is 0 Å². The van der Waals surface area contributed by atoms with Crippen molar-refractivity contribution in [1.82, 2.24) is 16.0 Å². The van der Waals surface area contributed by atoms with Gasteiger partial charge in [0, 0.05) is 13.0 Å². The number of hydrogen-bond donors (Lipinski definition) is 9. The summed E-state index contributed by atoms with van der Waals surface area (Å²) in [5.41, 5.74) is 21.8. The van der Waals surface area contributed by atoms with E-state index in [1.54, 1.807) is 0 Å². The van der Waals surface area contributed by atoms with Crippen molar-refractivity contribution in [1.29, 1.82) is 0 Å². The summed E-state index contributed by atoms with van der Waals surface area (Å²) in [6.07, 6.45) is 3.22. The molecule has 0 saturated heterocycles. The lowest BCUT2D eigenvalue weighted by molar-refractivity contribution is -0.142. The SMILES string of the molecule is CSCCC(NC(=O)C(CCCN=C(N)N)NC(=O)C(N)CCC(=O)O)C(=O)NC(CCCCN)C(=O)O. The molecule has 4 unspecified atom stereocenters. The molecule has 0 aromatic rings. The second kappa shape index (κ2) is 19.9. The van der Waals surface area contributed by atoms with Crippen LogP contribution in [-0.4, -0.2) is 95.1 Å². The number of carbonyl (C=O) groups is 5. The van der Waals surface area contributed by atoms with Gasteiger partial charge in [0.15, 0.2) is 5.96 Å². The average molecular weight is 563 g/mol. The summed E-state index contributed by atoms with van der Waals surface area (Å²) < 4.78 is 0. The maximum absolute atomic E-state index is 13.1. The zero-order valence-electron chi connectivity index (χ0n) is 21.7. The van der Waals surface area contributed by atoms with Gasteiger partial charge in [-0.3, -0.25) is 24.2 Å². The van der Waals surface area contributed by atoms with Crippen LogP contribution in [0.2, 0.25) is 0 Å². The fraction of sp³-hybridized carbons (Fsp3) is 0.727. The normalized spacial score (nSPS) is 13.9. The molecule has 38 heavy (non-hydrogen) atoms. The lowest BCUT2D eigenvalue weighted by Crippen LogP contribution is -2.57. The minimum atomic E-state index is -1.20. The maximum Gasteiger partial charge on any atom is 0.326 e. The highest BCUT2D eigenvalue weighted by Crippen LogP contribution is 2.07. The monoisotopic (exact) mass is 562 g/mol. The van der Waals surface area contributed by atoms with Crippen LogP contribution >= 0.6 is 11.8 Å². The van der Waals surface area contributed by atoms with Gasteiger partial charge in [-0.05, 0) is 63.5 Å². The number of nitrogens with zero attached hydrogens (tertiary/aromatic N) is 1. The van der Waals surface area contributed by atoms with Crippen LogP contribution in [0.1, 0.15) is 51.4 Å². The van der Waals surface area contributed by atoms with Gasteiger partial charge in [-0.2, -0.15) is 11.8 Å². The van der Waals surface area contributed by atoms with Crippen LogP contribution in [0.15, 0.2) is 4.99 Å². The number of guanidine groups is 1. The molecule has 218 valence electrons. The molecule has 3 amide bonds. The topological polar surface area (TPSA) is 278 Å². The van der Waals surface area contributed by atoms with Crippen molar-refractivity contribution in [2.24, 2.45) is 27.9 Å². The molecule has 0 radical (unpaired) electrons. The molecule has 0 aliphatic heterocycles. The Hall–Kier alpha value is -3.11. The van der Waals surface area contributed by atoms with Gasteiger partial charge < -0.3 is 49.1 Å². The Balaban J connectivity index is 5.54. The molecule has 0 aromatic carbocycles. The van der Waals surface area contributed by atoms with E-state index in [0.29, 0.717) is 31.6 Å². The number of carboxylic acid groups (broad SMARTS) is 2. The third-order valence-corrected chi connectivity index (χ3v) is 6.03. The Morgan fingerprint density at radius 2 is 1.37 bits per heavy atom. The fourth-order valence-corrected chi connectivity index (χ4v) is 3.73. The van der Waals surface area contributed by atoms with Crippen LogP contribution in [0.25, 0.3) is 0 Å². The third kappa shape index (κ3) is 15.9. The lowest BCUT2D eigenvalue weighted by atomic mass is 10.1. The average Bonchev–Trinajstić information content (AvgIpc) is 2.85. The van der Waals surface area contributed by atoms with Gasteiger partial charge >= 0.3 is 11.9 Å². The Morgan fingerprint density at radius 1 is 0.816 bits per heavy atom. The Labute approximate surface area is 226 Å². The first-order valence-corrected chi connectivity index (χ1v) is 13.7. The molecule has 4 atom stereocenters. The second-order valence-corrected chi connectivity index (χ2v) is 9.56. The van der Waals surface area contributed by atoms with Crippen molar-refractivity contribution >= 4 is 47.4 Å². The van der Waals surface area contributed by atoms with E-state index < -0.39 is 53.8 Å². The number of carboxylic acids is 2. The molecule has 0 rings (SSSR count). The van der Waals surface area contributed by atoms with Gasteiger partial charge in [-0.15, -0.1) is 0 Å². The first-order valence-electron chi connectivity index (χ1n) is 12.3. The van der Waals surface area contributed by atoms with Crippen LogP contribution in [0, 0.1) is 0 Å². The summed E-state index contributed by atoms with van der Waals surface area (Å²) in [5, 5.41) is 25.9. The first-order chi connectivity index (χ1) is 17.9. The minimum absolute atomic E-state index is 0.0910. The number of rotatable bonds is 21. The first kappa shape index (κ1) is 34.9. The number of hydrogen-bond acceptors (Lipinski definition) is 9. The molecule has 0 aliphatic rings. The number of unbranched alkanes of at least 4 members (excludes halogenated alkanes) is 1. The van der Waals surface area contributed by atoms with Crippen molar-refractivity contribution in [3.05, 3.63) is 0 Å². The van der Waals surface area contributed by atoms with Gasteiger partial charge in [0.2, 0.25) is 17.7 Å². The van der Waals surface area contributed by atoms with E-state index in [1.165, 1.54) is 11.8 Å². The zero-order valence-corrected chi connectivity index (χ0v) is 22.5. The van der Waals surface area contributed by atoms with Crippen molar-refractivity contribution in [3.63, 3.8) is 0 Å². The number of aliphatic carboxylic acids is 2. The van der Waals surface area contributed by atoms with Crippen molar-refractivity contribution in [2.45, 2.75) is 75.5 Å². The smallest absolute Gasteiger partial charge is 0.326 e. The largest absolute Gasteiger partial charge is 0.481 e. The van der Waals surface area contributed by atoms with E-state index in [2.05, 4.69) is 20.9 Å². The quantitative estimate of drug-likeness (QED) is 0.0404. The predicted octanol–water partition coefficient (Wildman–Crippen LogP) is -2.35. The van der Waals surface area contributed by atoms with Crippen molar-refractivity contribution in [3.8, 4) is 0 Å². The Morgan fingerprint density at radius 3 is 1.89 bits per heavy atom. The van der Waals surface area contributed by atoms with Crippen LogP contribution in [0.4, 0.5) is 0 Å². The number of thioether (sulfide) groups is 1. The Bertz CT molecular complexity index is 811. The van der Waals surface area contributed by atoms with E-state index in [-0.39, 0.29) is 44.6 Å². The molecule has 16 heteroatoms. The van der Waals surface area contributed by atoms with E-state index in [0.717, 1.165) is 0 Å². The molecule has 0 aliphatic carbocycles. The zero-order chi connectivity index (χ0) is 29.1. The van der Waals surface area contributed by atoms with Gasteiger partial charge in [-0.25, -0.2) is 4.79 Å². The molecule has 0 spiro atoms. The number of carbonyl (C=O) groups excluding carboxylic acids is 3. The number of aliphatic imine (C=N–C) groups is 1. The molecular weight excluding hydrogens is 520 g/mol. The maximum atomic E-state index is 13.1. The van der Waals surface area contributed by atoms with E-state index in [9.17, 15) is 29.1 Å². The highest BCUT2D eigenvalue weighted by Gasteiger charge is 2.30. The number of nitrogens with two attached hydrogens (primary N) is 4. The van der Waals surface area contributed by atoms with Crippen LogP contribution in [0.5, 0.6) is 0 Å². The minimum Gasteiger partial charge on any atom is -0.481 e. The molecule has 13 N–H and O–H groups in total. The van der Waals surface area contributed by atoms with E-state index in [1.807, 2.05) is 6.26 Å². The number of nitrogens with one attached hydrogen (secondary N) is 3. The molecular formula is C22H42N8O7S. The molecule has 0 saturated carbocycles. The fourth-order valence-electron chi connectivity index (χ4n) is 3.26. The molecule has 0 bridgehead atoms. The molecule has 0 fully saturated rings. The van der Waals surface area contributed by atoms with E-state index >= 15 is 0 Å². The molecule has 0 aromatic heterocycles. The lowest BCUT2D eigenvalue weighted by Gasteiger charge is -2.25. The Kier molecular flexibility index (Phi) is 18.3. The highest BCUT2D eigenvalue weighted by molar-refractivity contribution is 7.98. The second-order valence-electron chi connectivity index (χ2n) is 8.58. The number of amides is 3. The summed E-state index contributed by atoms with van der Waals surface area (Å²) in [5.74, 6) is -4.06. The van der Waals surface area contributed by atoms with Crippen molar-refractivity contribution < 1.29 is 34.2 Å². The van der Waals surface area contributed by atoms with Gasteiger partial charge in [0.1, 0.15) is 18.1 Å².